The maximum absolute atomic E-state index is 10.6. The van der Waals surface area contributed by atoms with Crippen LogP contribution < -0.4 is 0 Å². The molecule has 0 amide bonds. The SMILES string of the molecule is CC(=O)OCC1OC2OC(C)(C)OC2C1O. The van der Waals surface area contributed by atoms with Gasteiger partial charge in [-0.3, -0.25) is 4.79 Å². The Bertz CT molecular complexity index is 289. The largest absolute Gasteiger partial charge is 0.463 e. The molecular weight excluding hydrogens is 216 g/mol. The highest BCUT2D eigenvalue weighted by molar-refractivity contribution is 5.65. The predicted octanol–water partition coefficient (Wildman–Crippen LogP) is -0.213. The lowest BCUT2D eigenvalue weighted by molar-refractivity contribution is -0.220. The van der Waals surface area contributed by atoms with Crippen molar-refractivity contribution in [2.24, 2.45) is 0 Å². The molecular formula is C10H16O6. The highest BCUT2D eigenvalue weighted by Gasteiger charge is 2.54. The molecule has 0 aromatic carbocycles. The highest BCUT2D eigenvalue weighted by Crippen LogP contribution is 2.37. The molecule has 2 fully saturated rings. The molecule has 2 aliphatic rings. The Labute approximate surface area is 93.4 Å². The molecule has 0 aromatic heterocycles. The van der Waals surface area contributed by atoms with E-state index in [9.17, 15) is 9.90 Å². The number of carbonyl (C=O) groups excluding carboxylic acids is 1. The third-order valence-corrected chi connectivity index (χ3v) is 2.57. The smallest absolute Gasteiger partial charge is 0.302 e. The Hall–Kier alpha value is -0.690. The van der Waals surface area contributed by atoms with E-state index in [-0.39, 0.29) is 6.61 Å². The molecule has 0 saturated carbocycles. The molecule has 0 bridgehead atoms. The van der Waals surface area contributed by atoms with Gasteiger partial charge in [-0.05, 0) is 13.8 Å². The summed E-state index contributed by atoms with van der Waals surface area (Å²) in [5.74, 6) is -1.15. The van der Waals surface area contributed by atoms with Crippen molar-refractivity contribution >= 4 is 5.97 Å². The van der Waals surface area contributed by atoms with Crippen molar-refractivity contribution in [3.63, 3.8) is 0 Å². The number of rotatable bonds is 2. The molecule has 0 aliphatic carbocycles. The molecule has 2 rings (SSSR count). The maximum atomic E-state index is 10.6. The Morgan fingerprint density at radius 1 is 1.44 bits per heavy atom. The van der Waals surface area contributed by atoms with E-state index in [4.69, 9.17) is 18.9 Å². The first-order valence-electron chi connectivity index (χ1n) is 5.21. The molecule has 16 heavy (non-hydrogen) atoms. The minimum atomic E-state index is -0.842. The van der Waals surface area contributed by atoms with Gasteiger partial charge in [-0.2, -0.15) is 0 Å². The summed E-state index contributed by atoms with van der Waals surface area (Å²) in [6.45, 7) is 4.82. The first-order valence-corrected chi connectivity index (χ1v) is 5.21. The van der Waals surface area contributed by atoms with E-state index in [2.05, 4.69) is 0 Å². The summed E-state index contributed by atoms with van der Waals surface area (Å²) in [5.41, 5.74) is 0. The van der Waals surface area contributed by atoms with E-state index in [0.29, 0.717) is 0 Å². The molecule has 1 N–H and O–H groups in total. The zero-order chi connectivity index (χ0) is 11.9. The molecule has 92 valence electrons. The van der Waals surface area contributed by atoms with Crippen LogP contribution in [0.5, 0.6) is 0 Å². The zero-order valence-electron chi connectivity index (χ0n) is 9.50. The molecule has 6 heteroatoms. The highest BCUT2D eigenvalue weighted by atomic mass is 16.8. The zero-order valence-corrected chi connectivity index (χ0v) is 9.50. The van der Waals surface area contributed by atoms with Gasteiger partial charge in [-0.25, -0.2) is 0 Å². The van der Waals surface area contributed by atoms with E-state index in [1.807, 2.05) is 0 Å². The fourth-order valence-corrected chi connectivity index (χ4v) is 1.90. The van der Waals surface area contributed by atoms with Crippen LogP contribution in [-0.2, 0) is 23.7 Å². The van der Waals surface area contributed by atoms with Gasteiger partial charge in [0.2, 0.25) is 0 Å². The first kappa shape index (κ1) is 11.8. The van der Waals surface area contributed by atoms with Gasteiger partial charge in [0.05, 0.1) is 0 Å². The molecule has 0 aromatic rings. The summed E-state index contributed by atoms with van der Waals surface area (Å²) >= 11 is 0. The van der Waals surface area contributed by atoms with Crippen LogP contribution in [-0.4, -0.2) is 48.1 Å². The average Bonchev–Trinajstić information content (AvgIpc) is 2.58. The summed E-state index contributed by atoms with van der Waals surface area (Å²) in [7, 11) is 0. The fourth-order valence-electron chi connectivity index (χ4n) is 1.90. The lowest BCUT2D eigenvalue weighted by Gasteiger charge is -2.22. The van der Waals surface area contributed by atoms with Crippen molar-refractivity contribution in [2.45, 2.75) is 51.2 Å². The lowest BCUT2D eigenvalue weighted by Crippen LogP contribution is -2.36. The Morgan fingerprint density at radius 3 is 2.69 bits per heavy atom. The van der Waals surface area contributed by atoms with Gasteiger partial charge < -0.3 is 24.1 Å². The second-order valence-electron chi connectivity index (χ2n) is 4.44. The van der Waals surface area contributed by atoms with Crippen molar-refractivity contribution in [1.29, 1.82) is 0 Å². The van der Waals surface area contributed by atoms with E-state index in [1.54, 1.807) is 13.8 Å². The molecule has 2 aliphatic heterocycles. The van der Waals surface area contributed by atoms with E-state index in [1.165, 1.54) is 6.92 Å². The molecule has 2 heterocycles. The molecule has 0 spiro atoms. The summed E-state index contributed by atoms with van der Waals surface area (Å²) in [4.78, 5) is 10.6. The van der Waals surface area contributed by atoms with Crippen molar-refractivity contribution in [1.82, 2.24) is 0 Å². The van der Waals surface area contributed by atoms with E-state index < -0.39 is 36.4 Å². The Morgan fingerprint density at radius 2 is 2.12 bits per heavy atom. The van der Waals surface area contributed by atoms with Gasteiger partial charge in [0.1, 0.15) is 24.9 Å². The van der Waals surface area contributed by atoms with Crippen LogP contribution in [0.25, 0.3) is 0 Å². The van der Waals surface area contributed by atoms with Gasteiger partial charge in [-0.15, -0.1) is 0 Å². The number of esters is 1. The van der Waals surface area contributed by atoms with Crippen LogP contribution in [0.3, 0.4) is 0 Å². The van der Waals surface area contributed by atoms with Gasteiger partial charge in [0, 0.05) is 6.92 Å². The van der Waals surface area contributed by atoms with Crippen LogP contribution in [0, 0.1) is 0 Å². The number of hydrogen-bond donors (Lipinski definition) is 1. The van der Waals surface area contributed by atoms with Gasteiger partial charge in [0.15, 0.2) is 12.1 Å². The summed E-state index contributed by atoms with van der Waals surface area (Å²) < 4.78 is 21.1. The minimum Gasteiger partial charge on any atom is -0.463 e. The first-order chi connectivity index (χ1) is 7.39. The van der Waals surface area contributed by atoms with Crippen LogP contribution >= 0.6 is 0 Å². The summed E-state index contributed by atoms with van der Waals surface area (Å²) in [6, 6.07) is 0. The molecule has 0 radical (unpaired) electrons. The van der Waals surface area contributed by atoms with Crippen LogP contribution in [0.1, 0.15) is 20.8 Å². The van der Waals surface area contributed by atoms with Crippen molar-refractivity contribution in [3.05, 3.63) is 0 Å². The molecule has 2 saturated heterocycles. The second kappa shape index (κ2) is 3.96. The summed E-state index contributed by atoms with van der Waals surface area (Å²) in [6.07, 6.45) is -2.54. The van der Waals surface area contributed by atoms with Crippen LogP contribution in [0.15, 0.2) is 0 Å². The maximum Gasteiger partial charge on any atom is 0.302 e. The number of carbonyl (C=O) groups is 1. The lowest BCUT2D eigenvalue weighted by atomic mass is 10.1. The normalized spacial score (nSPS) is 40.8. The number of hydrogen-bond acceptors (Lipinski definition) is 6. The predicted molar refractivity (Wildman–Crippen MR) is 51.3 cm³/mol. The Balaban J connectivity index is 1.92. The van der Waals surface area contributed by atoms with E-state index >= 15 is 0 Å². The number of aliphatic hydroxyl groups excluding tert-OH is 1. The molecule has 6 nitrogen and oxygen atoms in total. The topological polar surface area (TPSA) is 74.2 Å². The fraction of sp³-hybridized carbons (Fsp3) is 0.900. The molecule has 4 unspecified atom stereocenters. The van der Waals surface area contributed by atoms with Gasteiger partial charge >= 0.3 is 5.97 Å². The third kappa shape index (κ3) is 2.20. The van der Waals surface area contributed by atoms with Crippen molar-refractivity contribution < 1.29 is 28.8 Å². The van der Waals surface area contributed by atoms with Gasteiger partial charge in [-0.1, -0.05) is 0 Å². The monoisotopic (exact) mass is 232 g/mol. The quantitative estimate of drug-likeness (QED) is 0.664. The van der Waals surface area contributed by atoms with Crippen molar-refractivity contribution in [3.8, 4) is 0 Å². The van der Waals surface area contributed by atoms with Crippen molar-refractivity contribution in [2.75, 3.05) is 6.61 Å². The standard InChI is InChI=1S/C10H16O6/c1-5(11)13-4-6-7(12)8-9(14-6)16-10(2,3)15-8/h6-9,12H,4H2,1-3H3. The van der Waals surface area contributed by atoms with Crippen LogP contribution in [0.2, 0.25) is 0 Å². The molecule has 4 atom stereocenters. The average molecular weight is 232 g/mol. The van der Waals surface area contributed by atoms with Crippen LogP contribution in [0.4, 0.5) is 0 Å². The minimum absolute atomic E-state index is 0.0106. The second-order valence-corrected chi connectivity index (χ2v) is 4.44. The van der Waals surface area contributed by atoms with E-state index in [0.717, 1.165) is 0 Å². The summed E-state index contributed by atoms with van der Waals surface area (Å²) in [5, 5.41) is 9.88. The third-order valence-electron chi connectivity index (χ3n) is 2.57. The Kier molecular flexibility index (Phi) is 2.91. The number of fused-ring (bicyclic) bond motifs is 1. The number of ether oxygens (including phenoxy) is 4. The number of aliphatic hydroxyl groups is 1. The van der Waals surface area contributed by atoms with Gasteiger partial charge in [0.25, 0.3) is 0 Å².